The second kappa shape index (κ2) is 5.22. The van der Waals surface area contributed by atoms with Gasteiger partial charge in [-0.15, -0.1) is 0 Å². The van der Waals surface area contributed by atoms with Gasteiger partial charge in [0, 0.05) is 6.42 Å². The van der Waals surface area contributed by atoms with E-state index >= 15 is 0 Å². The highest BCUT2D eigenvalue weighted by atomic mass is 16.5. The van der Waals surface area contributed by atoms with E-state index in [0.717, 1.165) is 4.90 Å². The molecule has 1 saturated heterocycles. The molecule has 4 atom stereocenters. The summed E-state index contributed by atoms with van der Waals surface area (Å²) in [6.45, 7) is 1.72. The SMILES string of the molecule is C[C@@H]1C[C@@H](O)[C@H](O)[C@H](CN2C(=O)c3ccccc3C2=O)O1. The van der Waals surface area contributed by atoms with Crippen LogP contribution in [0.1, 0.15) is 34.1 Å². The van der Waals surface area contributed by atoms with Crippen LogP contribution in [0.25, 0.3) is 0 Å². The average molecular weight is 291 g/mol. The van der Waals surface area contributed by atoms with Gasteiger partial charge in [0.05, 0.1) is 29.9 Å². The van der Waals surface area contributed by atoms with Crippen LogP contribution in [0.3, 0.4) is 0 Å². The van der Waals surface area contributed by atoms with Crippen molar-refractivity contribution in [2.24, 2.45) is 0 Å². The molecule has 6 heteroatoms. The number of benzene rings is 1. The van der Waals surface area contributed by atoms with Crippen LogP contribution in [0.4, 0.5) is 0 Å². The second-order valence-corrected chi connectivity index (χ2v) is 5.55. The third-order valence-electron chi connectivity index (χ3n) is 4.00. The zero-order chi connectivity index (χ0) is 15.1. The van der Waals surface area contributed by atoms with E-state index in [1.807, 2.05) is 0 Å². The summed E-state index contributed by atoms with van der Waals surface area (Å²) in [5, 5.41) is 19.8. The number of rotatable bonds is 2. The Balaban J connectivity index is 1.80. The maximum Gasteiger partial charge on any atom is 0.261 e. The van der Waals surface area contributed by atoms with Crippen LogP contribution >= 0.6 is 0 Å². The summed E-state index contributed by atoms with van der Waals surface area (Å²) in [5.41, 5.74) is 0.725. The van der Waals surface area contributed by atoms with Crippen molar-refractivity contribution in [2.75, 3.05) is 6.54 Å². The number of hydrogen-bond donors (Lipinski definition) is 2. The predicted molar refractivity (Wildman–Crippen MR) is 72.8 cm³/mol. The molecule has 6 nitrogen and oxygen atoms in total. The van der Waals surface area contributed by atoms with Gasteiger partial charge in [0.1, 0.15) is 12.2 Å². The lowest BCUT2D eigenvalue weighted by Gasteiger charge is -2.37. The number of carbonyl (C=O) groups is 2. The Bertz CT molecular complexity index is 552. The van der Waals surface area contributed by atoms with Gasteiger partial charge in [-0.05, 0) is 19.1 Å². The number of hydrogen-bond acceptors (Lipinski definition) is 5. The van der Waals surface area contributed by atoms with E-state index in [1.54, 1.807) is 31.2 Å². The zero-order valence-corrected chi connectivity index (χ0v) is 11.6. The van der Waals surface area contributed by atoms with Crippen LogP contribution < -0.4 is 0 Å². The topological polar surface area (TPSA) is 87.1 Å². The van der Waals surface area contributed by atoms with Gasteiger partial charge in [-0.2, -0.15) is 0 Å². The van der Waals surface area contributed by atoms with E-state index in [2.05, 4.69) is 0 Å². The Morgan fingerprint density at radius 1 is 1.19 bits per heavy atom. The molecule has 0 saturated carbocycles. The molecular formula is C15H17NO5. The number of fused-ring (bicyclic) bond motifs is 1. The first-order valence-electron chi connectivity index (χ1n) is 6.96. The molecule has 0 aromatic heterocycles. The van der Waals surface area contributed by atoms with Crippen LogP contribution in [0.15, 0.2) is 24.3 Å². The third kappa shape index (κ3) is 2.35. The highest BCUT2D eigenvalue weighted by molar-refractivity contribution is 6.21. The molecule has 0 aliphatic carbocycles. The zero-order valence-electron chi connectivity index (χ0n) is 11.6. The summed E-state index contributed by atoms with van der Waals surface area (Å²) < 4.78 is 5.57. The fraction of sp³-hybridized carbons (Fsp3) is 0.467. The molecule has 2 heterocycles. The minimum Gasteiger partial charge on any atom is -0.390 e. The van der Waals surface area contributed by atoms with Gasteiger partial charge in [0.25, 0.3) is 11.8 Å². The fourth-order valence-corrected chi connectivity index (χ4v) is 2.90. The molecule has 0 radical (unpaired) electrons. The number of amides is 2. The molecule has 1 aromatic rings. The Labute approximate surface area is 121 Å². The lowest BCUT2D eigenvalue weighted by Crippen LogP contribution is -2.53. The summed E-state index contributed by atoms with van der Waals surface area (Å²) in [6.07, 6.45) is -2.69. The average Bonchev–Trinajstić information content (AvgIpc) is 2.70. The van der Waals surface area contributed by atoms with Crippen molar-refractivity contribution in [3.8, 4) is 0 Å². The van der Waals surface area contributed by atoms with E-state index in [4.69, 9.17) is 4.74 Å². The highest BCUT2D eigenvalue weighted by Crippen LogP contribution is 2.26. The second-order valence-electron chi connectivity index (χ2n) is 5.55. The monoisotopic (exact) mass is 291 g/mol. The van der Waals surface area contributed by atoms with Gasteiger partial charge in [0.2, 0.25) is 0 Å². The fourth-order valence-electron chi connectivity index (χ4n) is 2.90. The summed E-state index contributed by atoms with van der Waals surface area (Å²) >= 11 is 0. The molecule has 0 unspecified atom stereocenters. The van der Waals surface area contributed by atoms with Crippen molar-refractivity contribution in [3.63, 3.8) is 0 Å². The van der Waals surface area contributed by atoms with E-state index in [-0.39, 0.29) is 24.5 Å². The van der Waals surface area contributed by atoms with Crippen LogP contribution in [0, 0.1) is 0 Å². The van der Waals surface area contributed by atoms with Crippen molar-refractivity contribution < 1.29 is 24.5 Å². The Morgan fingerprint density at radius 2 is 1.76 bits per heavy atom. The van der Waals surface area contributed by atoms with Gasteiger partial charge in [-0.1, -0.05) is 12.1 Å². The first-order valence-corrected chi connectivity index (χ1v) is 6.96. The number of nitrogens with zero attached hydrogens (tertiary/aromatic N) is 1. The molecule has 0 spiro atoms. The minimum atomic E-state index is -1.11. The number of carbonyl (C=O) groups excluding carboxylic acids is 2. The smallest absolute Gasteiger partial charge is 0.261 e. The van der Waals surface area contributed by atoms with Crippen molar-refractivity contribution >= 4 is 11.8 Å². The van der Waals surface area contributed by atoms with Crippen LogP contribution in [-0.4, -0.2) is 57.9 Å². The lowest BCUT2D eigenvalue weighted by atomic mass is 9.98. The van der Waals surface area contributed by atoms with Crippen LogP contribution in [0.5, 0.6) is 0 Å². The summed E-state index contributed by atoms with van der Waals surface area (Å²) in [6, 6.07) is 6.60. The largest absolute Gasteiger partial charge is 0.390 e. The normalized spacial score (nSPS) is 32.4. The Kier molecular flexibility index (Phi) is 3.52. The van der Waals surface area contributed by atoms with Crippen LogP contribution in [-0.2, 0) is 4.74 Å². The first-order chi connectivity index (χ1) is 9.99. The van der Waals surface area contributed by atoms with Gasteiger partial charge in [0.15, 0.2) is 0 Å². The molecule has 3 rings (SSSR count). The number of ether oxygens (including phenoxy) is 1. The van der Waals surface area contributed by atoms with Gasteiger partial charge in [-0.3, -0.25) is 14.5 Å². The van der Waals surface area contributed by atoms with Gasteiger partial charge < -0.3 is 14.9 Å². The van der Waals surface area contributed by atoms with Gasteiger partial charge in [-0.25, -0.2) is 0 Å². The Hall–Kier alpha value is -1.76. The van der Waals surface area contributed by atoms with Crippen molar-refractivity contribution in [2.45, 2.75) is 37.8 Å². The summed E-state index contributed by atoms with van der Waals surface area (Å²) in [5.74, 6) is -0.779. The summed E-state index contributed by atoms with van der Waals surface area (Å²) in [7, 11) is 0. The molecule has 2 aliphatic rings. The van der Waals surface area contributed by atoms with Crippen molar-refractivity contribution in [3.05, 3.63) is 35.4 Å². The van der Waals surface area contributed by atoms with E-state index < -0.39 is 18.3 Å². The first kappa shape index (κ1) is 14.2. The molecule has 112 valence electrons. The van der Waals surface area contributed by atoms with E-state index in [0.29, 0.717) is 17.5 Å². The van der Waals surface area contributed by atoms with E-state index in [9.17, 15) is 19.8 Å². The molecular weight excluding hydrogens is 274 g/mol. The maximum absolute atomic E-state index is 12.3. The van der Waals surface area contributed by atoms with Crippen molar-refractivity contribution in [1.82, 2.24) is 4.90 Å². The summed E-state index contributed by atoms with van der Waals surface area (Å²) in [4.78, 5) is 25.6. The molecule has 1 fully saturated rings. The lowest BCUT2D eigenvalue weighted by molar-refractivity contribution is -0.165. The van der Waals surface area contributed by atoms with Crippen LogP contribution in [0.2, 0.25) is 0 Å². The number of aliphatic hydroxyl groups excluding tert-OH is 2. The molecule has 2 N–H and O–H groups in total. The quantitative estimate of drug-likeness (QED) is 0.759. The Morgan fingerprint density at radius 3 is 2.33 bits per heavy atom. The van der Waals surface area contributed by atoms with Crippen molar-refractivity contribution in [1.29, 1.82) is 0 Å². The number of aliphatic hydroxyl groups is 2. The molecule has 1 aromatic carbocycles. The molecule has 21 heavy (non-hydrogen) atoms. The third-order valence-corrected chi connectivity index (χ3v) is 4.00. The molecule has 2 aliphatic heterocycles. The predicted octanol–water partition coefficient (Wildman–Crippen LogP) is 0.182. The van der Waals surface area contributed by atoms with Gasteiger partial charge >= 0.3 is 0 Å². The number of imide groups is 1. The van der Waals surface area contributed by atoms with E-state index in [1.165, 1.54) is 0 Å². The molecule has 2 amide bonds. The maximum atomic E-state index is 12.3. The highest BCUT2D eigenvalue weighted by Gasteiger charge is 2.41. The minimum absolute atomic E-state index is 0.0606. The standard InChI is InChI=1S/C15H17NO5/c1-8-6-11(17)13(18)12(21-8)7-16-14(19)9-4-2-3-5-10(9)15(16)20/h2-5,8,11-13,17-18H,6-7H2,1H3/t8-,11-,12+,13+/m1/s1. The molecule has 0 bridgehead atoms.